The number of nitrogen functional groups attached to an aromatic ring is 1. The van der Waals surface area contributed by atoms with Crippen LogP contribution in [0.25, 0.3) is 11.1 Å². The predicted octanol–water partition coefficient (Wildman–Crippen LogP) is 5.26. The Morgan fingerprint density at radius 1 is 1.24 bits per heavy atom. The van der Waals surface area contributed by atoms with Gasteiger partial charge in [-0.05, 0) is 38.5 Å². The Morgan fingerprint density at radius 3 is 2.48 bits per heavy atom. The molecular formula is C15H15Cl2NO2S. The summed E-state index contributed by atoms with van der Waals surface area (Å²) in [6.07, 6.45) is 0. The van der Waals surface area contributed by atoms with E-state index in [9.17, 15) is 4.79 Å². The van der Waals surface area contributed by atoms with Crippen LogP contribution >= 0.6 is 34.5 Å². The zero-order chi connectivity index (χ0) is 15.8. The van der Waals surface area contributed by atoms with Gasteiger partial charge in [0, 0.05) is 10.9 Å². The third-order valence-corrected chi connectivity index (χ3v) is 4.20. The van der Waals surface area contributed by atoms with E-state index in [1.54, 1.807) is 18.2 Å². The number of esters is 1. The number of halogens is 2. The predicted molar refractivity (Wildman–Crippen MR) is 89.4 cm³/mol. The van der Waals surface area contributed by atoms with Crippen molar-refractivity contribution in [3.05, 3.63) is 39.2 Å². The van der Waals surface area contributed by atoms with Gasteiger partial charge in [0.2, 0.25) is 0 Å². The summed E-state index contributed by atoms with van der Waals surface area (Å²) in [4.78, 5) is 12.3. The number of hydrogen-bond acceptors (Lipinski definition) is 4. The van der Waals surface area contributed by atoms with Crippen LogP contribution in [0.4, 0.5) is 5.00 Å². The highest BCUT2D eigenvalue weighted by Gasteiger charge is 2.24. The van der Waals surface area contributed by atoms with Crippen molar-refractivity contribution >= 4 is 45.5 Å². The van der Waals surface area contributed by atoms with Crippen molar-refractivity contribution < 1.29 is 9.53 Å². The van der Waals surface area contributed by atoms with Gasteiger partial charge in [0.15, 0.2) is 0 Å². The first-order valence-corrected chi connectivity index (χ1v) is 7.88. The molecule has 0 saturated heterocycles. The van der Waals surface area contributed by atoms with Crippen LogP contribution in [0.15, 0.2) is 23.6 Å². The van der Waals surface area contributed by atoms with E-state index in [1.165, 1.54) is 11.3 Å². The molecule has 112 valence electrons. The van der Waals surface area contributed by atoms with Gasteiger partial charge in [-0.1, -0.05) is 29.3 Å². The van der Waals surface area contributed by atoms with Crippen LogP contribution in [0.1, 0.15) is 31.1 Å². The van der Waals surface area contributed by atoms with E-state index in [0.717, 1.165) is 5.56 Å². The highest BCUT2D eigenvalue weighted by molar-refractivity contribution is 7.15. The Labute approximate surface area is 137 Å². The van der Waals surface area contributed by atoms with Crippen LogP contribution in [0.3, 0.4) is 0 Å². The molecule has 0 aliphatic rings. The topological polar surface area (TPSA) is 52.3 Å². The van der Waals surface area contributed by atoms with Crippen molar-refractivity contribution in [1.82, 2.24) is 0 Å². The molecular weight excluding hydrogens is 329 g/mol. The Kier molecular flexibility index (Phi) is 4.51. The molecule has 0 amide bonds. The van der Waals surface area contributed by atoms with E-state index in [-0.39, 0.29) is 0 Å². The van der Waals surface area contributed by atoms with Gasteiger partial charge in [0.25, 0.3) is 0 Å². The van der Waals surface area contributed by atoms with Crippen LogP contribution in [-0.2, 0) is 4.74 Å². The van der Waals surface area contributed by atoms with Crippen molar-refractivity contribution in [1.29, 1.82) is 0 Å². The second-order valence-corrected chi connectivity index (χ2v) is 7.25. The molecule has 2 aromatic rings. The number of rotatable bonds is 2. The van der Waals surface area contributed by atoms with E-state index < -0.39 is 11.6 Å². The third kappa shape index (κ3) is 3.70. The molecule has 0 saturated carbocycles. The van der Waals surface area contributed by atoms with Crippen LogP contribution < -0.4 is 5.73 Å². The molecule has 3 nitrogen and oxygen atoms in total. The number of anilines is 1. The zero-order valence-corrected chi connectivity index (χ0v) is 14.2. The maximum absolute atomic E-state index is 12.3. The van der Waals surface area contributed by atoms with Crippen LogP contribution in [0.5, 0.6) is 0 Å². The second-order valence-electron chi connectivity index (χ2n) is 5.52. The van der Waals surface area contributed by atoms with Crippen molar-refractivity contribution in [3.8, 4) is 11.1 Å². The summed E-state index contributed by atoms with van der Waals surface area (Å²) in [6, 6.07) is 5.19. The molecule has 0 atom stereocenters. The molecule has 0 radical (unpaired) electrons. The number of carbonyl (C=O) groups excluding carboxylic acids is 1. The molecule has 1 heterocycles. The first kappa shape index (κ1) is 16.1. The summed E-state index contributed by atoms with van der Waals surface area (Å²) in [6.45, 7) is 5.44. The molecule has 6 heteroatoms. The minimum atomic E-state index is -0.583. The molecule has 1 aromatic heterocycles. The maximum Gasteiger partial charge on any atom is 0.342 e. The standard InChI is InChI=1S/C15H15Cl2NO2S/c1-15(2,3)20-14(19)12-9(7-21-13(12)18)8-4-5-10(16)11(17)6-8/h4-7H,18H2,1-3H3. The first-order valence-electron chi connectivity index (χ1n) is 6.25. The number of ether oxygens (including phenoxy) is 1. The van der Waals surface area contributed by atoms with Gasteiger partial charge in [-0.25, -0.2) is 4.79 Å². The van der Waals surface area contributed by atoms with Crippen molar-refractivity contribution in [2.75, 3.05) is 5.73 Å². The fourth-order valence-electron chi connectivity index (χ4n) is 1.79. The lowest BCUT2D eigenvalue weighted by Crippen LogP contribution is -2.24. The lowest BCUT2D eigenvalue weighted by molar-refractivity contribution is 0.00722. The van der Waals surface area contributed by atoms with Gasteiger partial charge in [-0.15, -0.1) is 11.3 Å². The summed E-state index contributed by atoms with van der Waals surface area (Å²) in [7, 11) is 0. The van der Waals surface area contributed by atoms with Crippen molar-refractivity contribution in [2.24, 2.45) is 0 Å². The zero-order valence-electron chi connectivity index (χ0n) is 11.9. The lowest BCUT2D eigenvalue weighted by atomic mass is 10.0. The fraction of sp³-hybridized carbons (Fsp3) is 0.267. The van der Waals surface area contributed by atoms with Crippen molar-refractivity contribution in [3.63, 3.8) is 0 Å². The summed E-state index contributed by atoms with van der Waals surface area (Å²) in [5.74, 6) is -0.442. The first-order chi connectivity index (χ1) is 9.69. The largest absolute Gasteiger partial charge is 0.456 e. The molecule has 0 spiro atoms. The van der Waals surface area contributed by atoms with Crippen LogP contribution in [0.2, 0.25) is 10.0 Å². The lowest BCUT2D eigenvalue weighted by Gasteiger charge is -2.20. The van der Waals surface area contributed by atoms with Gasteiger partial charge in [0.05, 0.1) is 10.0 Å². The van der Waals surface area contributed by atoms with E-state index in [1.807, 2.05) is 26.2 Å². The monoisotopic (exact) mass is 343 g/mol. The van der Waals surface area contributed by atoms with E-state index in [0.29, 0.717) is 26.2 Å². The van der Waals surface area contributed by atoms with E-state index in [2.05, 4.69) is 0 Å². The highest BCUT2D eigenvalue weighted by Crippen LogP contribution is 2.37. The van der Waals surface area contributed by atoms with E-state index >= 15 is 0 Å². The second kappa shape index (κ2) is 5.87. The number of nitrogens with two attached hydrogens (primary N) is 1. The average molecular weight is 344 g/mol. The summed E-state index contributed by atoms with van der Waals surface area (Å²) < 4.78 is 5.41. The number of carbonyl (C=O) groups is 1. The molecule has 2 N–H and O–H groups in total. The van der Waals surface area contributed by atoms with Gasteiger partial charge in [0.1, 0.15) is 16.2 Å². The normalized spacial score (nSPS) is 11.5. The molecule has 1 aromatic carbocycles. The smallest absolute Gasteiger partial charge is 0.342 e. The number of thiophene rings is 1. The number of benzene rings is 1. The third-order valence-electron chi connectivity index (χ3n) is 2.65. The van der Waals surface area contributed by atoms with Crippen LogP contribution in [-0.4, -0.2) is 11.6 Å². The summed E-state index contributed by atoms with van der Waals surface area (Å²) >= 11 is 13.2. The Balaban J connectivity index is 2.47. The maximum atomic E-state index is 12.3. The van der Waals surface area contributed by atoms with Gasteiger partial charge >= 0.3 is 5.97 Å². The molecule has 2 rings (SSSR count). The summed E-state index contributed by atoms with van der Waals surface area (Å²) in [5, 5.41) is 3.12. The number of hydrogen-bond donors (Lipinski definition) is 1. The molecule has 0 fully saturated rings. The molecule has 0 aliphatic heterocycles. The Bertz CT molecular complexity index is 689. The molecule has 0 aliphatic carbocycles. The fourth-order valence-corrected chi connectivity index (χ4v) is 2.90. The van der Waals surface area contributed by atoms with Crippen molar-refractivity contribution in [2.45, 2.75) is 26.4 Å². The molecule has 21 heavy (non-hydrogen) atoms. The Hall–Kier alpha value is -1.23. The highest BCUT2D eigenvalue weighted by atomic mass is 35.5. The van der Waals surface area contributed by atoms with E-state index in [4.69, 9.17) is 33.7 Å². The summed E-state index contributed by atoms with van der Waals surface area (Å²) in [5.41, 5.74) is 7.19. The quantitative estimate of drug-likeness (QED) is 0.756. The molecule has 0 unspecified atom stereocenters. The SMILES string of the molecule is CC(C)(C)OC(=O)c1c(-c2ccc(Cl)c(Cl)c2)csc1N. The van der Waals surface area contributed by atoms with Gasteiger partial charge < -0.3 is 10.5 Å². The van der Waals surface area contributed by atoms with Gasteiger partial charge in [-0.2, -0.15) is 0 Å². The minimum Gasteiger partial charge on any atom is -0.456 e. The Morgan fingerprint density at radius 2 is 1.90 bits per heavy atom. The average Bonchev–Trinajstić information content (AvgIpc) is 2.72. The molecule has 0 bridgehead atoms. The minimum absolute atomic E-state index is 0.369. The van der Waals surface area contributed by atoms with Crippen LogP contribution in [0, 0.1) is 0 Å². The van der Waals surface area contributed by atoms with Gasteiger partial charge in [-0.3, -0.25) is 0 Å².